The second-order valence-electron chi connectivity index (χ2n) is 9.07. The number of urea groups is 1. The molecule has 0 saturated carbocycles. The number of aryl methyl sites for hydroxylation is 1. The molecule has 1 fully saturated rings. The van der Waals surface area contributed by atoms with Crippen molar-refractivity contribution in [1.29, 1.82) is 0 Å². The number of hydrogen-bond donors (Lipinski definition) is 2. The third-order valence-electron chi connectivity index (χ3n) is 5.08. The van der Waals surface area contributed by atoms with E-state index in [1.807, 2.05) is 45.0 Å². The summed E-state index contributed by atoms with van der Waals surface area (Å²) < 4.78 is 10.6. The molecule has 0 spiro atoms. The average Bonchev–Trinajstić information content (AvgIpc) is 3.25. The quantitative estimate of drug-likeness (QED) is 0.752. The molecule has 2 heterocycles. The molecule has 2 N–H and O–H groups in total. The highest BCUT2D eigenvalue weighted by Crippen LogP contribution is 2.24. The molecule has 3 amide bonds. The van der Waals surface area contributed by atoms with E-state index in [1.54, 1.807) is 11.8 Å². The van der Waals surface area contributed by atoms with E-state index in [0.717, 1.165) is 5.56 Å². The maximum atomic E-state index is 12.3. The van der Waals surface area contributed by atoms with Crippen LogP contribution in [-0.2, 0) is 11.2 Å². The molecule has 9 heteroatoms. The van der Waals surface area contributed by atoms with E-state index in [0.29, 0.717) is 43.5 Å². The first-order chi connectivity index (χ1) is 14.6. The Kier molecular flexibility index (Phi) is 6.82. The van der Waals surface area contributed by atoms with Gasteiger partial charge in [-0.2, -0.15) is 4.98 Å². The molecule has 1 saturated heterocycles. The molecule has 9 nitrogen and oxygen atoms in total. The van der Waals surface area contributed by atoms with Crippen molar-refractivity contribution < 1.29 is 18.8 Å². The van der Waals surface area contributed by atoms with E-state index in [9.17, 15) is 9.59 Å². The maximum Gasteiger partial charge on any atom is 0.410 e. The van der Waals surface area contributed by atoms with Crippen molar-refractivity contribution in [3.63, 3.8) is 0 Å². The Labute approximate surface area is 182 Å². The van der Waals surface area contributed by atoms with Gasteiger partial charge < -0.3 is 24.8 Å². The summed E-state index contributed by atoms with van der Waals surface area (Å²) in [5.74, 6) is 1.62. The van der Waals surface area contributed by atoms with Gasteiger partial charge >= 0.3 is 12.1 Å². The SMILES string of the molecule is Cc1noc(Cc2ccc(NC(=O)NC[C@@H]3CN(C(=O)OC(C)(C)C)C[C@H]3C)cc2)n1. The van der Waals surface area contributed by atoms with Crippen molar-refractivity contribution in [3.05, 3.63) is 41.5 Å². The number of nitrogens with zero attached hydrogens (tertiary/aromatic N) is 3. The van der Waals surface area contributed by atoms with E-state index in [4.69, 9.17) is 9.26 Å². The smallest absolute Gasteiger partial charge is 0.410 e. The van der Waals surface area contributed by atoms with Gasteiger partial charge in [-0.1, -0.05) is 24.2 Å². The number of benzene rings is 1. The summed E-state index contributed by atoms with van der Waals surface area (Å²) in [6.45, 7) is 11.1. The Hall–Kier alpha value is -3.10. The molecule has 31 heavy (non-hydrogen) atoms. The third-order valence-corrected chi connectivity index (χ3v) is 5.08. The molecule has 168 valence electrons. The molecule has 1 aliphatic heterocycles. The second kappa shape index (κ2) is 9.36. The Morgan fingerprint density at radius 2 is 1.94 bits per heavy atom. The lowest BCUT2D eigenvalue weighted by Crippen LogP contribution is -2.37. The minimum atomic E-state index is -0.517. The summed E-state index contributed by atoms with van der Waals surface area (Å²) in [6.07, 6.45) is 0.239. The van der Waals surface area contributed by atoms with Crippen molar-refractivity contribution in [2.75, 3.05) is 25.0 Å². The Bertz CT molecular complexity index is 903. The maximum absolute atomic E-state index is 12.3. The summed E-state index contributed by atoms with van der Waals surface area (Å²) in [4.78, 5) is 30.5. The number of carbonyl (C=O) groups is 2. The van der Waals surface area contributed by atoms with Crippen LogP contribution in [0.5, 0.6) is 0 Å². The molecule has 0 radical (unpaired) electrons. The van der Waals surface area contributed by atoms with Crippen LogP contribution in [0, 0.1) is 18.8 Å². The number of hydrogen-bond acceptors (Lipinski definition) is 6. The molecule has 1 aromatic heterocycles. The Morgan fingerprint density at radius 3 is 2.55 bits per heavy atom. The van der Waals surface area contributed by atoms with Gasteiger partial charge in [-0.25, -0.2) is 9.59 Å². The fourth-order valence-corrected chi connectivity index (χ4v) is 3.47. The molecular weight excluding hydrogens is 398 g/mol. The number of anilines is 1. The minimum absolute atomic E-state index is 0.179. The molecule has 2 atom stereocenters. The van der Waals surface area contributed by atoms with Crippen LogP contribution in [0.2, 0.25) is 0 Å². The van der Waals surface area contributed by atoms with Gasteiger partial charge in [0.05, 0.1) is 6.42 Å². The number of aromatic nitrogens is 2. The summed E-state index contributed by atoms with van der Waals surface area (Å²) in [7, 11) is 0. The van der Waals surface area contributed by atoms with Crippen LogP contribution in [0.15, 0.2) is 28.8 Å². The molecule has 2 aromatic rings. The summed E-state index contributed by atoms with van der Waals surface area (Å²) in [5.41, 5.74) is 1.19. The first-order valence-corrected chi connectivity index (χ1v) is 10.5. The second-order valence-corrected chi connectivity index (χ2v) is 9.07. The molecule has 3 rings (SSSR count). The van der Waals surface area contributed by atoms with Crippen molar-refractivity contribution in [2.24, 2.45) is 11.8 Å². The first-order valence-electron chi connectivity index (χ1n) is 10.5. The lowest BCUT2D eigenvalue weighted by atomic mass is 9.98. The lowest BCUT2D eigenvalue weighted by Gasteiger charge is -2.24. The predicted molar refractivity (Wildman–Crippen MR) is 116 cm³/mol. The zero-order valence-electron chi connectivity index (χ0n) is 18.8. The Balaban J connectivity index is 1.44. The topological polar surface area (TPSA) is 110 Å². The number of carbonyl (C=O) groups excluding carboxylic acids is 2. The van der Waals surface area contributed by atoms with E-state index >= 15 is 0 Å². The zero-order valence-corrected chi connectivity index (χ0v) is 18.8. The fraction of sp³-hybridized carbons (Fsp3) is 0.545. The number of nitrogens with one attached hydrogen (secondary N) is 2. The molecule has 0 bridgehead atoms. The van der Waals surface area contributed by atoms with E-state index in [2.05, 4.69) is 27.7 Å². The van der Waals surface area contributed by atoms with Gasteiger partial charge in [0.2, 0.25) is 5.89 Å². The summed E-state index contributed by atoms with van der Waals surface area (Å²) >= 11 is 0. The lowest BCUT2D eigenvalue weighted by molar-refractivity contribution is 0.0285. The van der Waals surface area contributed by atoms with Crippen LogP contribution in [0.3, 0.4) is 0 Å². The van der Waals surface area contributed by atoms with E-state index < -0.39 is 5.60 Å². The fourth-order valence-electron chi connectivity index (χ4n) is 3.47. The molecule has 0 aliphatic carbocycles. The van der Waals surface area contributed by atoms with Gasteiger partial charge in [-0.15, -0.1) is 0 Å². The third kappa shape index (κ3) is 6.70. The van der Waals surface area contributed by atoms with Gasteiger partial charge in [0.1, 0.15) is 5.60 Å². The molecule has 1 aliphatic rings. The monoisotopic (exact) mass is 429 g/mol. The van der Waals surface area contributed by atoms with Gasteiger partial charge in [0.25, 0.3) is 0 Å². The van der Waals surface area contributed by atoms with Gasteiger partial charge in [0.15, 0.2) is 5.82 Å². The highest BCUT2D eigenvalue weighted by Gasteiger charge is 2.34. The van der Waals surface area contributed by atoms with Crippen LogP contribution < -0.4 is 10.6 Å². The van der Waals surface area contributed by atoms with Gasteiger partial charge in [0, 0.05) is 25.3 Å². The van der Waals surface area contributed by atoms with Crippen LogP contribution in [-0.4, -0.2) is 52.4 Å². The van der Waals surface area contributed by atoms with Crippen molar-refractivity contribution in [3.8, 4) is 0 Å². The van der Waals surface area contributed by atoms with Crippen LogP contribution in [0.25, 0.3) is 0 Å². The van der Waals surface area contributed by atoms with E-state index in [-0.39, 0.29) is 24.0 Å². The number of ether oxygens (including phenoxy) is 1. The van der Waals surface area contributed by atoms with Crippen LogP contribution in [0.1, 0.15) is 45.0 Å². The highest BCUT2D eigenvalue weighted by molar-refractivity contribution is 5.89. The number of likely N-dealkylation sites (tertiary alicyclic amines) is 1. The van der Waals surface area contributed by atoms with Crippen molar-refractivity contribution in [1.82, 2.24) is 20.4 Å². The van der Waals surface area contributed by atoms with E-state index in [1.165, 1.54) is 0 Å². The number of amides is 3. The summed E-state index contributed by atoms with van der Waals surface area (Å²) in [5, 5.41) is 9.52. The predicted octanol–water partition coefficient (Wildman–Crippen LogP) is 3.59. The highest BCUT2D eigenvalue weighted by atomic mass is 16.6. The summed E-state index contributed by atoms with van der Waals surface area (Å²) in [6, 6.07) is 7.21. The van der Waals surface area contributed by atoms with Crippen LogP contribution in [0.4, 0.5) is 15.3 Å². The minimum Gasteiger partial charge on any atom is -0.444 e. The zero-order chi connectivity index (χ0) is 22.6. The van der Waals surface area contributed by atoms with Crippen molar-refractivity contribution >= 4 is 17.8 Å². The van der Waals surface area contributed by atoms with Gasteiger partial charge in [-0.05, 0) is 57.2 Å². The van der Waals surface area contributed by atoms with Crippen LogP contribution >= 0.6 is 0 Å². The molecule has 1 aromatic carbocycles. The van der Waals surface area contributed by atoms with Gasteiger partial charge in [-0.3, -0.25) is 0 Å². The first kappa shape index (κ1) is 22.6. The largest absolute Gasteiger partial charge is 0.444 e. The average molecular weight is 430 g/mol. The molecular formula is C22H31N5O4. The van der Waals surface area contributed by atoms with Crippen molar-refractivity contribution in [2.45, 2.75) is 46.6 Å². The standard InChI is InChI=1S/C22H31N5O4/c1-14-12-27(21(29)30-22(3,4)5)13-17(14)11-23-20(28)25-18-8-6-16(7-9-18)10-19-24-15(2)26-31-19/h6-9,14,17H,10-13H2,1-5H3,(H2,23,25,28)/t14-,17-/m1/s1. The Morgan fingerprint density at radius 1 is 1.23 bits per heavy atom. The normalized spacial score (nSPS) is 18.7. The molecule has 0 unspecified atom stereocenters. The number of rotatable bonds is 5.